The average Bonchev–Trinajstić information content (AvgIpc) is 3.66. The van der Waals surface area contributed by atoms with Crippen molar-refractivity contribution >= 4 is 21.8 Å². The Labute approximate surface area is 302 Å². The van der Waals surface area contributed by atoms with Crippen molar-refractivity contribution in [2.75, 3.05) is 0 Å². The lowest BCUT2D eigenvalue weighted by atomic mass is 9.77. The van der Waals surface area contributed by atoms with Crippen LogP contribution in [-0.4, -0.2) is 19.3 Å². The Hall–Kier alpha value is -5.16. The maximum Gasteiger partial charge on any atom is 0.137 e. The first-order chi connectivity index (χ1) is 24.4. The van der Waals surface area contributed by atoms with Crippen LogP contribution in [0.5, 0.6) is 11.5 Å². The van der Waals surface area contributed by atoms with E-state index in [9.17, 15) is 0 Å². The zero-order valence-corrected chi connectivity index (χ0v) is 31.6. The van der Waals surface area contributed by atoms with Gasteiger partial charge in [0.2, 0.25) is 0 Å². The van der Waals surface area contributed by atoms with Gasteiger partial charge in [-0.3, -0.25) is 4.57 Å². The fourth-order valence-corrected chi connectivity index (χ4v) is 7.15. The standard InChI is InChI=1S/C46H50N4O/c1-10-39-44(31-16-13-12-14-17-31)40(11-2)50(48-39)34-18-15-19-35(28-34)51-36-21-22-37-38-26-32(30(3)45(4,5)6)20-23-41(38)49(42(37)29-36)43-27-33(24-25-47-43)46(7,8)9/h12-30H,10-11H2,1-9H3. The van der Waals surface area contributed by atoms with Crippen LogP contribution >= 0.6 is 0 Å². The molecule has 1 unspecified atom stereocenters. The molecule has 0 amide bonds. The fourth-order valence-electron chi connectivity index (χ4n) is 7.15. The Morgan fingerprint density at radius 2 is 1.47 bits per heavy atom. The number of ether oxygens (including phenoxy) is 1. The van der Waals surface area contributed by atoms with E-state index >= 15 is 0 Å². The van der Waals surface area contributed by atoms with Gasteiger partial charge in [0.1, 0.15) is 17.3 Å². The molecular formula is C46H50N4O. The van der Waals surface area contributed by atoms with Crippen LogP contribution < -0.4 is 4.74 Å². The molecule has 4 aromatic carbocycles. The van der Waals surface area contributed by atoms with E-state index in [1.165, 1.54) is 38.7 Å². The summed E-state index contributed by atoms with van der Waals surface area (Å²) in [4.78, 5) is 4.92. The molecule has 7 aromatic rings. The van der Waals surface area contributed by atoms with E-state index in [1.807, 2.05) is 12.3 Å². The van der Waals surface area contributed by atoms with Gasteiger partial charge >= 0.3 is 0 Å². The monoisotopic (exact) mass is 674 g/mol. The molecule has 0 N–H and O–H groups in total. The second kappa shape index (κ2) is 13.2. The normalized spacial score (nSPS) is 12.9. The maximum atomic E-state index is 6.67. The van der Waals surface area contributed by atoms with Gasteiger partial charge in [0.05, 0.1) is 28.1 Å². The van der Waals surface area contributed by atoms with Crippen LogP contribution in [-0.2, 0) is 18.3 Å². The Balaban J connectivity index is 1.33. The second-order valence-corrected chi connectivity index (χ2v) is 15.9. The number of fused-ring (bicyclic) bond motifs is 3. The number of aromatic nitrogens is 4. The van der Waals surface area contributed by atoms with Gasteiger partial charge in [0.15, 0.2) is 0 Å². The molecule has 0 bridgehead atoms. The van der Waals surface area contributed by atoms with Gasteiger partial charge in [-0.2, -0.15) is 5.10 Å². The van der Waals surface area contributed by atoms with Crippen molar-refractivity contribution in [3.63, 3.8) is 0 Å². The third-order valence-corrected chi connectivity index (χ3v) is 10.5. The molecule has 0 aliphatic carbocycles. The summed E-state index contributed by atoms with van der Waals surface area (Å²) in [5.74, 6) is 2.84. The summed E-state index contributed by atoms with van der Waals surface area (Å²) in [6.45, 7) is 20.4. The van der Waals surface area contributed by atoms with Crippen molar-refractivity contribution in [2.24, 2.45) is 5.41 Å². The molecule has 51 heavy (non-hydrogen) atoms. The maximum absolute atomic E-state index is 6.67. The minimum atomic E-state index is -0.00296. The molecular weight excluding hydrogens is 625 g/mol. The van der Waals surface area contributed by atoms with E-state index in [4.69, 9.17) is 14.8 Å². The molecule has 1 atom stereocenters. The lowest BCUT2D eigenvalue weighted by Crippen LogP contribution is -2.15. The van der Waals surface area contributed by atoms with Crippen LogP contribution in [0, 0.1) is 5.41 Å². The Kier molecular flexibility index (Phi) is 8.87. The van der Waals surface area contributed by atoms with Crippen LogP contribution in [0.2, 0.25) is 0 Å². The van der Waals surface area contributed by atoms with Gasteiger partial charge in [-0.1, -0.05) is 105 Å². The van der Waals surface area contributed by atoms with Crippen molar-refractivity contribution < 1.29 is 4.74 Å². The third-order valence-electron chi connectivity index (χ3n) is 10.5. The first kappa shape index (κ1) is 34.3. The number of benzene rings is 4. The first-order valence-electron chi connectivity index (χ1n) is 18.4. The number of pyridine rings is 1. The first-order valence-corrected chi connectivity index (χ1v) is 18.4. The molecule has 5 heteroatoms. The largest absolute Gasteiger partial charge is 0.457 e. The van der Waals surface area contributed by atoms with Crippen LogP contribution in [0.4, 0.5) is 0 Å². The zero-order chi connectivity index (χ0) is 36.1. The summed E-state index contributed by atoms with van der Waals surface area (Å²) in [5, 5.41) is 7.52. The van der Waals surface area contributed by atoms with Gasteiger partial charge < -0.3 is 4.74 Å². The fraction of sp³-hybridized carbons (Fsp3) is 0.304. The number of nitrogens with zero attached hydrogens (tertiary/aromatic N) is 4. The molecule has 3 heterocycles. The summed E-state index contributed by atoms with van der Waals surface area (Å²) in [6, 6.07) is 36.6. The van der Waals surface area contributed by atoms with Crippen molar-refractivity contribution in [1.82, 2.24) is 19.3 Å². The summed E-state index contributed by atoms with van der Waals surface area (Å²) < 4.78 is 11.1. The third kappa shape index (κ3) is 6.46. The van der Waals surface area contributed by atoms with Gasteiger partial charge in [-0.05, 0) is 94.8 Å². The molecule has 260 valence electrons. The van der Waals surface area contributed by atoms with Gasteiger partial charge in [0.25, 0.3) is 0 Å². The molecule has 3 aromatic heterocycles. The quantitative estimate of drug-likeness (QED) is 0.161. The van der Waals surface area contributed by atoms with Gasteiger partial charge in [-0.25, -0.2) is 9.67 Å². The lowest BCUT2D eigenvalue weighted by molar-refractivity contribution is 0.340. The predicted octanol–water partition coefficient (Wildman–Crippen LogP) is 12.4. The molecule has 5 nitrogen and oxygen atoms in total. The summed E-state index contributed by atoms with van der Waals surface area (Å²) in [5.41, 5.74) is 10.7. The molecule has 0 saturated heterocycles. The van der Waals surface area contributed by atoms with Crippen LogP contribution in [0.15, 0.2) is 109 Å². The molecule has 0 aliphatic heterocycles. The van der Waals surface area contributed by atoms with E-state index in [2.05, 4.69) is 169 Å². The van der Waals surface area contributed by atoms with Crippen LogP contribution in [0.25, 0.3) is 44.4 Å². The van der Waals surface area contributed by atoms with Gasteiger partial charge in [-0.15, -0.1) is 0 Å². The summed E-state index contributed by atoms with van der Waals surface area (Å²) >= 11 is 0. The highest BCUT2D eigenvalue weighted by molar-refractivity contribution is 6.09. The summed E-state index contributed by atoms with van der Waals surface area (Å²) in [6.07, 6.45) is 3.66. The lowest BCUT2D eigenvalue weighted by Gasteiger charge is -2.27. The number of hydrogen-bond donors (Lipinski definition) is 0. The van der Waals surface area contributed by atoms with Crippen LogP contribution in [0.3, 0.4) is 0 Å². The van der Waals surface area contributed by atoms with Crippen molar-refractivity contribution in [2.45, 2.75) is 86.5 Å². The highest BCUT2D eigenvalue weighted by Crippen LogP contribution is 2.40. The van der Waals surface area contributed by atoms with E-state index in [1.54, 1.807) is 0 Å². The van der Waals surface area contributed by atoms with E-state index < -0.39 is 0 Å². The Morgan fingerprint density at radius 1 is 0.706 bits per heavy atom. The smallest absolute Gasteiger partial charge is 0.137 e. The van der Waals surface area contributed by atoms with E-state index in [0.717, 1.165) is 52.6 Å². The molecule has 0 fully saturated rings. The molecule has 0 radical (unpaired) electrons. The molecule has 0 aliphatic rings. The highest BCUT2D eigenvalue weighted by Gasteiger charge is 2.24. The zero-order valence-electron chi connectivity index (χ0n) is 31.6. The van der Waals surface area contributed by atoms with Gasteiger partial charge in [0, 0.05) is 34.7 Å². The second-order valence-electron chi connectivity index (χ2n) is 15.9. The molecule has 7 rings (SSSR count). The topological polar surface area (TPSA) is 44.9 Å². The van der Waals surface area contributed by atoms with E-state index in [0.29, 0.717) is 5.92 Å². The number of aryl methyl sites for hydroxylation is 1. The Morgan fingerprint density at radius 3 is 2.18 bits per heavy atom. The average molecular weight is 675 g/mol. The van der Waals surface area contributed by atoms with Crippen molar-refractivity contribution in [3.05, 3.63) is 132 Å². The molecule has 0 saturated carbocycles. The highest BCUT2D eigenvalue weighted by atomic mass is 16.5. The van der Waals surface area contributed by atoms with E-state index in [-0.39, 0.29) is 10.8 Å². The predicted molar refractivity (Wildman–Crippen MR) is 213 cm³/mol. The minimum Gasteiger partial charge on any atom is -0.457 e. The van der Waals surface area contributed by atoms with Crippen LogP contribution in [0.1, 0.15) is 90.7 Å². The summed E-state index contributed by atoms with van der Waals surface area (Å²) in [7, 11) is 0. The van der Waals surface area contributed by atoms with Crippen molar-refractivity contribution in [1.29, 1.82) is 0 Å². The van der Waals surface area contributed by atoms with Crippen molar-refractivity contribution in [3.8, 4) is 34.1 Å². The number of hydrogen-bond acceptors (Lipinski definition) is 3. The SMILES string of the molecule is CCc1nn(-c2cccc(Oc3ccc4c5cc(C(C)C(C)(C)C)ccc5n(-c5cc(C(C)(C)C)ccn5)c4c3)c2)c(CC)c1-c1ccccc1. The molecule has 0 spiro atoms. The number of rotatable bonds is 8. The Bertz CT molecular complexity index is 2350. The minimum absolute atomic E-state index is 0.00296.